The minimum Gasteiger partial charge on any atom is -0.366 e. The van der Waals surface area contributed by atoms with E-state index in [1.165, 1.54) is 17.8 Å². The molecule has 6 nitrogen and oxygen atoms in total. The molecule has 5 aromatic rings. The minimum absolute atomic E-state index is 0.148. The molecule has 44 heavy (non-hydrogen) atoms. The number of nitrogens with one attached hydrogen (secondary N) is 1. The second-order valence-electron chi connectivity index (χ2n) is 10.5. The molecule has 2 heterocycles. The van der Waals surface area contributed by atoms with Crippen LogP contribution in [0.3, 0.4) is 0 Å². The summed E-state index contributed by atoms with van der Waals surface area (Å²) in [4.78, 5) is 26.8. The van der Waals surface area contributed by atoms with Crippen molar-refractivity contribution in [2.75, 3.05) is 36.0 Å². The third-order valence-electron chi connectivity index (χ3n) is 7.56. The van der Waals surface area contributed by atoms with Gasteiger partial charge >= 0.3 is 0 Å². The number of halogens is 2. The quantitative estimate of drug-likeness (QED) is 0.105. The Kier molecular flexibility index (Phi) is 9.39. The van der Waals surface area contributed by atoms with Crippen LogP contribution in [0.5, 0.6) is 0 Å². The topological polar surface area (TPSA) is 61.4 Å². The summed E-state index contributed by atoms with van der Waals surface area (Å²) in [5.41, 5.74) is 4.21. The highest BCUT2D eigenvalue weighted by molar-refractivity contribution is 7.98. The van der Waals surface area contributed by atoms with Crippen LogP contribution >= 0.6 is 23.4 Å². The van der Waals surface area contributed by atoms with Crippen molar-refractivity contribution in [2.24, 2.45) is 0 Å². The molecule has 222 valence electrons. The predicted molar refractivity (Wildman–Crippen MR) is 176 cm³/mol. The van der Waals surface area contributed by atoms with Gasteiger partial charge in [0.1, 0.15) is 16.8 Å². The van der Waals surface area contributed by atoms with E-state index in [0.29, 0.717) is 53.5 Å². The van der Waals surface area contributed by atoms with Gasteiger partial charge in [0.15, 0.2) is 5.16 Å². The highest BCUT2D eigenvalue weighted by atomic mass is 35.5. The first-order valence-electron chi connectivity index (χ1n) is 14.4. The van der Waals surface area contributed by atoms with Gasteiger partial charge in [0.2, 0.25) is 0 Å². The highest BCUT2D eigenvalue weighted by Crippen LogP contribution is 2.28. The fraction of sp³-hybridized carbons (Fsp3) is 0.171. The van der Waals surface area contributed by atoms with Crippen LogP contribution in [0.1, 0.15) is 33.1 Å². The monoisotopic (exact) mass is 623 g/mol. The number of rotatable bonds is 9. The van der Waals surface area contributed by atoms with Crippen molar-refractivity contribution in [2.45, 2.75) is 17.0 Å². The first-order valence-corrected chi connectivity index (χ1v) is 15.8. The Morgan fingerprint density at radius 3 is 2.11 bits per heavy atom. The largest absolute Gasteiger partial charge is 0.366 e. The van der Waals surface area contributed by atoms with Crippen LogP contribution < -0.4 is 15.1 Å². The van der Waals surface area contributed by atoms with E-state index in [9.17, 15) is 9.18 Å². The van der Waals surface area contributed by atoms with Crippen molar-refractivity contribution in [1.29, 1.82) is 0 Å². The molecule has 0 bridgehead atoms. The molecule has 1 aromatic heterocycles. The van der Waals surface area contributed by atoms with Crippen LogP contribution in [-0.2, 0) is 5.75 Å². The number of thioether (sulfide) groups is 1. The van der Waals surface area contributed by atoms with Crippen LogP contribution in [0.25, 0.3) is 0 Å². The van der Waals surface area contributed by atoms with E-state index < -0.39 is 0 Å². The molecule has 0 aliphatic carbocycles. The van der Waals surface area contributed by atoms with Gasteiger partial charge in [-0.2, -0.15) is 0 Å². The van der Waals surface area contributed by atoms with Crippen molar-refractivity contribution < 1.29 is 9.18 Å². The average molecular weight is 624 g/mol. The molecule has 1 N–H and O–H groups in total. The van der Waals surface area contributed by atoms with Crippen LogP contribution in [0.15, 0.2) is 120 Å². The molecule has 1 saturated heterocycles. The Morgan fingerprint density at radius 1 is 0.795 bits per heavy atom. The summed E-state index contributed by atoms with van der Waals surface area (Å²) >= 11 is 7.88. The normalized spacial score (nSPS) is 13.2. The van der Waals surface area contributed by atoms with Crippen LogP contribution in [0, 0.1) is 5.82 Å². The number of para-hydroxylation sites is 1. The van der Waals surface area contributed by atoms with Gasteiger partial charge in [-0.25, -0.2) is 14.4 Å². The maximum Gasteiger partial charge on any atom is 0.252 e. The van der Waals surface area contributed by atoms with Gasteiger partial charge in [-0.3, -0.25) is 4.79 Å². The lowest BCUT2D eigenvalue weighted by Crippen LogP contribution is -2.47. The molecule has 4 aromatic carbocycles. The second kappa shape index (κ2) is 13.9. The summed E-state index contributed by atoms with van der Waals surface area (Å²) in [6.45, 7) is 2.73. The maximum absolute atomic E-state index is 14.3. The first kappa shape index (κ1) is 29.7. The number of hydrogen-bond acceptors (Lipinski definition) is 6. The molecule has 0 radical (unpaired) electrons. The Bertz CT molecular complexity index is 1680. The van der Waals surface area contributed by atoms with Crippen LogP contribution in [0.2, 0.25) is 5.15 Å². The van der Waals surface area contributed by atoms with E-state index in [2.05, 4.69) is 20.1 Å². The smallest absolute Gasteiger partial charge is 0.252 e. The Labute approximate surface area is 265 Å². The third-order valence-corrected chi connectivity index (χ3v) is 8.67. The summed E-state index contributed by atoms with van der Waals surface area (Å²) in [5.74, 6) is 0.966. The molecule has 0 spiro atoms. The van der Waals surface area contributed by atoms with Crippen molar-refractivity contribution in [3.8, 4) is 0 Å². The van der Waals surface area contributed by atoms with Gasteiger partial charge in [-0.15, -0.1) is 0 Å². The lowest BCUT2D eigenvalue weighted by Gasteiger charge is -2.36. The zero-order valence-corrected chi connectivity index (χ0v) is 25.5. The molecule has 0 unspecified atom stereocenters. The van der Waals surface area contributed by atoms with E-state index in [-0.39, 0.29) is 17.8 Å². The summed E-state index contributed by atoms with van der Waals surface area (Å²) in [5, 5.41) is 4.15. The third kappa shape index (κ3) is 7.21. The summed E-state index contributed by atoms with van der Waals surface area (Å²) < 4.78 is 14.3. The van der Waals surface area contributed by atoms with E-state index in [4.69, 9.17) is 16.6 Å². The molecule has 1 aliphatic rings. The lowest BCUT2D eigenvalue weighted by atomic mass is 9.98. The zero-order valence-electron chi connectivity index (χ0n) is 23.9. The number of aromatic nitrogens is 2. The van der Waals surface area contributed by atoms with E-state index in [1.807, 2.05) is 97.1 Å². The fourth-order valence-corrected chi connectivity index (χ4v) is 6.34. The predicted octanol–water partition coefficient (Wildman–Crippen LogP) is 7.41. The number of piperazine rings is 1. The molecular weight excluding hydrogens is 593 g/mol. The molecule has 6 rings (SSSR count). The van der Waals surface area contributed by atoms with E-state index in [0.717, 1.165) is 22.5 Å². The van der Waals surface area contributed by atoms with Crippen molar-refractivity contribution in [3.63, 3.8) is 0 Å². The number of benzene rings is 4. The summed E-state index contributed by atoms with van der Waals surface area (Å²) in [6, 6.07) is 35.9. The highest BCUT2D eigenvalue weighted by Gasteiger charge is 2.22. The number of carbonyl (C=O) groups excluding carboxylic acids is 1. The maximum atomic E-state index is 14.3. The van der Waals surface area contributed by atoms with Gasteiger partial charge < -0.3 is 15.1 Å². The first-order chi connectivity index (χ1) is 21.5. The number of hydrogen-bond donors (Lipinski definition) is 1. The van der Waals surface area contributed by atoms with Gasteiger partial charge in [0.25, 0.3) is 5.91 Å². The molecule has 1 amide bonds. The minimum atomic E-state index is -0.269. The number of nitrogens with zero attached hydrogens (tertiary/aromatic N) is 4. The lowest BCUT2D eigenvalue weighted by molar-refractivity contribution is 0.0943. The van der Waals surface area contributed by atoms with Crippen molar-refractivity contribution in [3.05, 3.63) is 148 Å². The van der Waals surface area contributed by atoms with Crippen LogP contribution in [-0.4, -0.2) is 42.1 Å². The molecule has 0 saturated carbocycles. The SMILES string of the molecule is O=C(NC(c1ccccc1)c1ccccc1)c1cccc(CSc2nc(Cl)cc(N3CCN(c4ccccc4F)CC3)n2)c1. The van der Waals surface area contributed by atoms with Gasteiger partial charge in [-0.05, 0) is 41.0 Å². The Hall–Kier alpha value is -4.40. The number of anilines is 2. The molecule has 1 fully saturated rings. The summed E-state index contributed by atoms with van der Waals surface area (Å²) in [7, 11) is 0. The molecule has 0 atom stereocenters. The van der Waals surface area contributed by atoms with E-state index >= 15 is 0 Å². The molecule has 9 heteroatoms. The molecule has 1 aliphatic heterocycles. The fourth-order valence-electron chi connectivity index (χ4n) is 5.31. The average Bonchev–Trinajstić information content (AvgIpc) is 3.07. The Balaban J connectivity index is 1.11. The van der Waals surface area contributed by atoms with Crippen molar-refractivity contribution >= 4 is 40.8 Å². The standard InChI is InChI=1S/C35H31ClFN5OS/c36-31-23-32(42-20-18-41(19-21-42)30-17-8-7-16-29(30)37)39-35(38-31)44-24-25-10-9-15-28(22-25)34(43)40-33(26-11-3-1-4-12-26)27-13-5-2-6-14-27/h1-17,22-23,33H,18-21,24H2,(H,40,43). The van der Waals surface area contributed by atoms with Crippen LogP contribution in [0.4, 0.5) is 15.9 Å². The number of amides is 1. The van der Waals surface area contributed by atoms with Gasteiger partial charge in [-0.1, -0.05) is 108 Å². The molecular formula is C35H31ClFN5OS. The van der Waals surface area contributed by atoms with Crippen molar-refractivity contribution in [1.82, 2.24) is 15.3 Å². The number of carbonyl (C=O) groups is 1. The second-order valence-corrected chi connectivity index (χ2v) is 11.8. The Morgan fingerprint density at radius 2 is 1.43 bits per heavy atom. The summed E-state index contributed by atoms with van der Waals surface area (Å²) in [6.07, 6.45) is 0. The van der Waals surface area contributed by atoms with E-state index in [1.54, 1.807) is 12.1 Å². The van der Waals surface area contributed by atoms with Gasteiger partial charge in [0.05, 0.1) is 11.7 Å². The van der Waals surface area contributed by atoms with Gasteiger partial charge in [0, 0.05) is 43.6 Å². The zero-order chi connectivity index (χ0) is 30.3.